The van der Waals surface area contributed by atoms with Gasteiger partial charge in [0.1, 0.15) is 0 Å². The van der Waals surface area contributed by atoms with Crippen LogP contribution >= 0.6 is 0 Å². The highest BCUT2D eigenvalue weighted by molar-refractivity contribution is 5.31. The zero-order valence-electron chi connectivity index (χ0n) is 13.2. The largest absolute Gasteiger partial charge is 0.326 e. The highest BCUT2D eigenvalue weighted by atomic mass is 15.2. The van der Waals surface area contributed by atoms with Crippen LogP contribution in [0.25, 0.3) is 0 Å². The fourth-order valence-electron chi connectivity index (χ4n) is 5.11. The van der Waals surface area contributed by atoms with Crippen LogP contribution in [0.3, 0.4) is 0 Å². The quantitative estimate of drug-likeness (QED) is 0.859. The van der Waals surface area contributed by atoms with Gasteiger partial charge in [0.05, 0.1) is 0 Å². The van der Waals surface area contributed by atoms with Crippen molar-refractivity contribution in [1.29, 1.82) is 0 Å². The Morgan fingerprint density at radius 3 is 2.19 bits per heavy atom. The Balaban J connectivity index is 1.58. The van der Waals surface area contributed by atoms with Gasteiger partial charge in [0.15, 0.2) is 0 Å². The van der Waals surface area contributed by atoms with Crippen LogP contribution in [-0.2, 0) is 12.8 Å². The monoisotopic (exact) mass is 284 g/mol. The number of nitrogens with zero attached hydrogens (tertiary/aromatic N) is 1. The first kappa shape index (κ1) is 13.8. The summed E-state index contributed by atoms with van der Waals surface area (Å²) in [5, 5.41) is 0. The molecule has 1 saturated carbocycles. The maximum absolute atomic E-state index is 6.37. The molecule has 0 aromatic heterocycles. The van der Waals surface area contributed by atoms with E-state index in [9.17, 15) is 0 Å². The minimum atomic E-state index is 0.378. The first-order valence-electron chi connectivity index (χ1n) is 8.79. The Kier molecular flexibility index (Phi) is 3.55. The summed E-state index contributed by atoms with van der Waals surface area (Å²) in [6.45, 7) is 4.71. The second-order valence-electron chi connectivity index (χ2n) is 7.69. The Morgan fingerprint density at radius 2 is 1.62 bits per heavy atom. The van der Waals surface area contributed by atoms with E-state index in [0.29, 0.717) is 12.0 Å². The molecule has 4 unspecified atom stereocenters. The molecule has 4 atom stereocenters. The van der Waals surface area contributed by atoms with Crippen LogP contribution in [0, 0.1) is 17.8 Å². The number of fused-ring (bicyclic) bond motifs is 3. The van der Waals surface area contributed by atoms with E-state index in [0.717, 1.165) is 24.4 Å². The van der Waals surface area contributed by atoms with E-state index in [1.165, 1.54) is 38.6 Å². The number of hydrogen-bond donors (Lipinski definition) is 1. The fraction of sp³-hybridized carbons (Fsp3) is 0.684. The molecule has 1 saturated heterocycles. The van der Waals surface area contributed by atoms with Crippen molar-refractivity contribution in [2.45, 2.75) is 51.1 Å². The summed E-state index contributed by atoms with van der Waals surface area (Å²) >= 11 is 0. The predicted molar refractivity (Wildman–Crippen MR) is 87.2 cm³/mol. The summed E-state index contributed by atoms with van der Waals surface area (Å²) in [5.74, 6) is 2.42. The molecule has 1 aromatic rings. The van der Waals surface area contributed by atoms with Crippen molar-refractivity contribution in [3.05, 3.63) is 35.4 Å². The first-order chi connectivity index (χ1) is 10.2. The zero-order valence-corrected chi connectivity index (χ0v) is 13.2. The number of benzene rings is 1. The van der Waals surface area contributed by atoms with Gasteiger partial charge < -0.3 is 5.73 Å². The summed E-state index contributed by atoms with van der Waals surface area (Å²) in [5.41, 5.74) is 9.60. The maximum atomic E-state index is 6.37. The number of piperidine rings is 1. The Labute approximate surface area is 128 Å². The number of rotatable bonds is 1. The lowest BCUT2D eigenvalue weighted by molar-refractivity contribution is 0.0762. The van der Waals surface area contributed by atoms with E-state index in [1.54, 1.807) is 11.1 Å². The second-order valence-corrected chi connectivity index (χ2v) is 7.69. The third kappa shape index (κ3) is 2.43. The average Bonchev–Trinajstić information content (AvgIpc) is 2.77. The van der Waals surface area contributed by atoms with Crippen molar-refractivity contribution in [3.8, 4) is 0 Å². The highest BCUT2D eigenvalue weighted by Crippen LogP contribution is 2.43. The SMILES string of the molecule is CC1CCN(C2C3CCC2Cc2ccccc2C3)CC1N. The van der Waals surface area contributed by atoms with E-state index in [-0.39, 0.29) is 0 Å². The van der Waals surface area contributed by atoms with Crippen LogP contribution in [0.1, 0.15) is 37.3 Å². The van der Waals surface area contributed by atoms with Crippen molar-refractivity contribution in [3.63, 3.8) is 0 Å². The molecule has 2 nitrogen and oxygen atoms in total. The van der Waals surface area contributed by atoms with Crippen molar-refractivity contribution in [1.82, 2.24) is 4.90 Å². The standard InChI is InChI=1S/C19H28N2/c1-13-8-9-21(12-18(13)20)19-16-6-7-17(19)11-15-5-3-2-4-14(15)10-16/h2-5,13,16-19H,6-12,20H2,1H3. The molecule has 2 aliphatic carbocycles. The molecule has 0 radical (unpaired) electrons. The molecular formula is C19H28N2. The number of nitrogens with two attached hydrogens (primary N) is 1. The molecular weight excluding hydrogens is 256 g/mol. The van der Waals surface area contributed by atoms with Gasteiger partial charge in [-0.05, 0) is 67.5 Å². The van der Waals surface area contributed by atoms with Crippen LogP contribution in [0.4, 0.5) is 0 Å². The molecule has 21 heavy (non-hydrogen) atoms. The summed E-state index contributed by atoms with van der Waals surface area (Å²) < 4.78 is 0. The molecule has 4 rings (SSSR count). The van der Waals surface area contributed by atoms with Crippen LogP contribution in [0.15, 0.2) is 24.3 Å². The Hall–Kier alpha value is -0.860. The Morgan fingerprint density at radius 1 is 1.00 bits per heavy atom. The molecule has 1 heterocycles. The zero-order chi connectivity index (χ0) is 14.4. The van der Waals surface area contributed by atoms with Crippen LogP contribution in [0.5, 0.6) is 0 Å². The van der Waals surface area contributed by atoms with Gasteiger partial charge in [-0.3, -0.25) is 4.90 Å². The van der Waals surface area contributed by atoms with Crippen LogP contribution < -0.4 is 5.73 Å². The molecule has 1 aromatic carbocycles. The van der Waals surface area contributed by atoms with E-state index in [2.05, 4.69) is 36.1 Å². The van der Waals surface area contributed by atoms with E-state index >= 15 is 0 Å². The van der Waals surface area contributed by atoms with Gasteiger partial charge in [0, 0.05) is 18.6 Å². The predicted octanol–water partition coefficient (Wildman–Crippen LogP) is 2.85. The van der Waals surface area contributed by atoms with Gasteiger partial charge in [0.25, 0.3) is 0 Å². The number of hydrogen-bond acceptors (Lipinski definition) is 2. The third-order valence-corrected chi connectivity index (χ3v) is 6.43. The maximum Gasteiger partial charge on any atom is 0.0194 e. The van der Waals surface area contributed by atoms with Gasteiger partial charge in [-0.1, -0.05) is 31.2 Å². The van der Waals surface area contributed by atoms with Crippen molar-refractivity contribution in [2.24, 2.45) is 23.5 Å². The normalized spacial score (nSPS) is 39.8. The van der Waals surface area contributed by atoms with E-state index < -0.39 is 0 Å². The molecule has 114 valence electrons. The average molecular weight is 284 g/mol. The van der Waals surface area contributed by atoms with Gasteiger partial charge in [-0.15, -0.1) is 0 Å². The number of likely N-dealkylation sites (tertiary alicyclic amines) is 1. The summed E-state index contributed by atoms with van der Waals surface area (Å²) in [4.78, 5) is 2.76. The lowest BCUT2D eigenvalue weighted by Crippen LogP contribution is -2.53. The highest BCUT2D eigenvalue weighted by Gasteiger charge is 2.43. The fourth-order valence-corrected chi connectivity index (χ4v) is 5.11. The van der Waals surface area contributed by atoms with Gasteiger partial charge in [-0.25, -0.2) is 0 Å². The lowest BCUT2D eigenvalue weighted by Gasteiger charge is -2.42. The molecule has 2 bridgehead atoms. The minimum Gasteiger partial charge on any atom is -0.326 e. The molecule has 3 aliphatic rings. The third-order valence-electron chi connectivity index (χ3n) is 6.43. The summed E-state index contributed by atoms with van der Waals surface area (Å²) in [6, 6.07) is 10.3. The van der Waals surface area contributed by atoms with Crippen LogP contribution in [-0.4, -0.2) is 30.1 Å². The van der Waals surface area contributed by atoms with Crippen molar-refractivity contribution >= 4 is 0 Å². The minimum absolute atomic E-state index is 0.378. The molecule has 2 heteroatoms. The molecule has 0 spiro atoms. The summed E-state index contributed by atoms with van der Waals surface area (Å²) in [6.07, 6.45) is 6.71. The summed E-state index contributed by atoms with van der Waals surface area (Å²) in [7, 11) is 0. The van der Waals surface area contributed by atoms with Crippen molar-refractivity contribution in [2.75, 3.05) is 13.1 Å². The van der Waals surface area contributed by atoms with Gasteiger partial charge in [0.2, 0.25) is 0 Å². The van der Waals surface area contributed by atoms with Crippen LogP contribution in [0.2, 0.25) is 0 Å². The van der Waals surface area contributed by atoms with Gasteiger partial charge >= 0.3 is 0 Å². The Bertz CT molecular complexity index is 479. The molecule has 0 amide bonds. The van der Waals surface area contributed by atoms with Gasteiger partial charge in [-0.2, -0.15) is 0 Å². The topological polar surface area (TPSA) is 29.3 Å². The molecule has 2 N–H and O–H groups in total. The van der Waals surface area contributed by atoms with E-state index in [1.807, 2.05) is 0 Å². The lowest BCUT2D eigenvalue weighted by atomic mass is 9.88. The van der Waals surface area contributed by atoms with E-state index in [4.69, 9.17) is 5.73 Å². The van der Waals surface area contributed by atoms with Crippen molar-refractivity contribution < 1.29 is 0 Å². The molecule has 1 aliphatic heterocycles. The second kappa shape index (κ2) is 5.40. The smallest absolute Gasteiger partial charge is 0.0194 e. The molecule has 2 fully saturated rings. The first-order valence-corrected chi connectivity index (χ1v) is 8.79.